The molecule has 2 unspecified atom stereocenters. The summed E-state index contributed by atoms with van der Waals surface area (Å²) in [5, 5.41) is 5.72. The molecular weight excluding hydrogens is 250 g/mol. The van der Waals surface area contributed by atoms with Crippen molar-refractivity contribution in [3.05, 3.63) is 0 Å². The molecule has 2 fully saturated rings. The quantitative estimate of drug-likeness (QED) is 0.608. The fraction of sp³-hybridized carbons (Fsp3) is 0.750. The summed E-state index contributed by atoms with van der Waals surface area (Å²) < 4.78 is 4.99. The molecule has 2 aliphatic rings. The molecule has 2 N–H and O–H groups in total. The van der Waals surface area contributed by atoms with Crippen molar-refractivity contribution >= 4 is 17.8 Å². The van der Waals surface area contributed by atoms with Gasteiger partial charge in [0.15, 0.2) is 0 Å². The summed E-state index contributed by atoms with van der Waals surface area (Å²) in [6.07, 6.45) is 0.207. The highest BCUT2D eigenvalue weighted by atomic mass is 16.5. The number of carbonyl (C=O) groups is 3. The standard InChI is InChI=1S/C12H19N3O4/c1-2-19-12(18)9-7-13-3-4-15(9)11(17)8-5-10(16)14-6-8/h8-9,13H,2-7H2,1H3,(H,14,16). The molecule has 2 atom stereocenters. The van der Waals surface area contributed by atoms with E-state index in [-0.39, 0.29) is 30.1 Å². The second-order valence-electron chi connectivity index (χ2n) is 4.71. The SMILES string of the molecule is CCOC(=O)C1CNCCN1C(=O)C1CNC(=O)C1. The minimum Gasteiger partial charge on any atom is -0.464 e. The highest BCUT2D eigenvalue weighted by Gasteiger charge is 2.38. The number of amides is 2. The van der Waals surface area contributed by atoms with Gasteiger partial charge in [0.2, 0.25) is 11.8 Å². The van der Waals surface area contributed by atoms with Gasteiger partial charge < -0.3 is 20.3 Å². The number of piperazine rings is 1. The Labute approximate surface area is 111 Å². The van der Waals surface area contributed by atoms with Crippen LogP contribution in [-0.4, -0.2) is 61.5 Å². The Kier molecular flexibility index (Phi) is 4.36. The molecule has 0 spiro atoms. The zero-order chi connectivity index (χ0) is 13.8. The molecular formula is C12H19N3O4. The van der Waals surface area contributed by atoms with E-state index in [0.29, 0.717) is 32.8 Å². The molecule has 0 aliphatic carbocycles. The molecule has 7 heteroatoms. The van der Waals surface area contributed by atoms with Crippen molar-refractivity contribution in [2.24, 2.45) is 5.92 Å². The van der Waals surface area contributed by atoms with Crippen molar-refractivity contribution in [2.45, 2.75) is 19.4 Å². The second-order valence-corrected chi connectivity index (χ2v) is 4.71. The summed E-state index contributed by atoms with van der Waals surface area (Å²) in [7, 11) is 0. The molecule has 0 aromatic carbocycles. The van der Waals surface area contributed by atoms with Gasteiger partial charge in [0.1, 0.15) is 6.04 Å². The molecule has 0 bridgehead atoms. The maximum atomic E-state index is 12.4. The monoisotopic (exact) mass is 269 g/mol. The van der Waals surface area contributed by atoms with E-state index in [9.17, 15) is 14.4 Å². The second kappa shape index (κ2) is 6.01. The molecule has 19 heavy (non-hydrogen) atoms. The Bertz CT molecular complexity index is 385. The number of esters is 1. The molecule has 106 valence electrons. The largest absolute Gasteiger partial charge is 0.464 e. The van der Waals surface area contributed by atoms with Gasteiger partial charge in [0.25, 0.3) is 0 Å². The van der Waals surface area contributed by atoms with E-state index < -0.39 is 6.04 Å². The lowest BCUT2D eigenvalue weighted by Gasteiger charge is -2.35. The van der Waals surface area contributed by atoms with Crippen molar-refractivity contribution < 1.29 is 19.1 Å². The average molecular weight is 269 g/mol. The van der Waals surface area contributed by atoms with E-state index in [1.165, 1.54) is 0 Å². The number of hydrogen-bond acceptors (Lipinski definition) is 5. The molecule has 2 rings (SSSR count). The Balaban J connectivity index is 2.04. The molecule has 2 saturated heterocycles. The third-order valence-electron chi connectivity index (χ3n) is 3.41. The number of nitrogens with zero attached hydrogens (tertiary/aromatic N) is 1. The Morgan fingerprint density at radius 1 is 1.42 bits per heavy atom. The van der Waals surface area contributed by atoms with E-state index >= 15 is 0 Å². The van der Waals surface area contributed by atoms with Crippen molar-refractivity contribution in [1.29, 1.82) is 0 Å². The predicted octanol–water partition coefficient (Wildman–Crippen LogP) is -1.51. The van der Waals surface area contributed by atoms with E-state index in [4.69, 9.17) is 4.74 Å². The molecule has 2 amide bonds. The van der Waals surface area contributed by atoms with Gasteiger partial charge in [-0.1, -0.05) is 0 Å². The third-order valence-corrected chi connectivity index (χ3v) is 3.41. The highest BCUT2D eigenvalue weighted by Crippen LogP contribution is 2.16. The first-order valence-corrected chi connectivity index (χ1v) is 6.58. The van der Waals surface area contributed by atoms with E-state index in [1.807, 2.05) is 0 Å². The predicted molar refractivity (Wildman–Crippen MR) is 66.1 cm³/mol. The average Bonchev–Trinajstić information content (AvgIpc) is 2.85. The van der Waals surface area contributed by atoms with Gasteiger partial charge in [0, 0.05) is 32.6 Å². The van der Waals surface area contributed by atoms with Gasteiger partial charge >= 0.3 is 5.97 Å². The summed E-state index contributed by atoms with van der Waals surface area (Å²) in [5.41, 5.74) is 0. The highest BCUT2D eigenvalue weighted by molar-refractivity contribution is 5.91. The van der Waals surface area contributed by atoms with Crippen LogP contribution in [0.2, 0.25) is 0 Å². The van der Waals surface area contributed by atoms with Crippen LogP contribution in [0.15, 0.2) is 0 Å². The van der Waals surface area contributed by atoms with Crippen LogP contribution < -0.4 is 10.6 Å². The normalized spacial score (nSPS) is 27.0. The maximum Gasteiger partial charge on any atom is 0.330 e. The zero-order valence-electron chi connectivity index (χ0n) is 11.0. The summed E-state index contributed by atoms with van der Waals surface area (Å²) in [6.45, 7) is 3.90. The van der Waals surface area contributed by atoms with Crippen LogP contribution in [0, 0.1) is 5.92 Å². The number of rotatable bonds is 3. The van der Waals surface area contributed by atoms with Crippen LogP contribution in [0.3, 0.4) is 0 Å². The van der Waals surface area contributed by atoms with Crippen LogP contribution >= 0.6 is 0 Å². The molecule has 7 nitrogen and oxygen atoms in total. The Morgan fingerprint density at radius 3 is 2.84 bits per heavy atom. The van der Waals surface area contributed by atoms with Crippen LogP contribution in [-0.2, 0) is 19.1 Å². The summed E-state index contributed by atoms with van der Waals surface area (Å²) in [5.74, 6) is -0.998. The third kappa shape index (κ3) is 3.04. The lowest BCUT2D eigenvalue weighted by molar-refractivity contribution is -0.157. The molecule has 2 aliphatic heterocycles. The van der Waals surface area contributed by atoms with Crippen molar-refractivity contribution in [3.63, 3.8) is 0 Å². The zero-order valence-corrected chi connectivity index (χ0v) is 11.0. The number of carbonyl (C=O) groups excluding carboxylic acids is 3. The van der Waals surface area contributed by atoms with E-state index in [0.717, 1.165) is 0 Å². The molecule has 0 saturated carbocycles. The van der Waals surface area contributed by atoms with E-state index in [1.54, 1.807) is 11.8 Å². The molecule has 0 radical (unpaired) electrons. The van der Waals surface area contributed by atoms with Crippen molar-refractivity contribution in [3.8, 4) is 0 Å². The van der Waals surface area contributed by atoms with Crippen molar-refractivity contribution in [2.75, 3.05) is 32.8 Å². The fourth-order valence-electron chi connectivity index (χ4n) is 2.43. The van der Waals surface area contributed by atoms with Crippen LogP contribution in [0.1, 0.15) is 13.3 Å². The molecule has 2 heterocycles. The Morgan fingerprint density at radius 2 is 2.21 bits per heavy atom. The maximum absolute atomic E-state index is 12.4. The number of ether oxygens (including phenoxy) is 1. The topological polar surface area (TPSA) is 87.7 Å². The van der Waals surface area contributed by atoms with Gasteiger partial charge in [0.05, 0.1) is 12.5 Å². The lowest BCUT2D eigenvalue weighted by Crippen LogP contribution is -2.58. The van der Waals surface area contributed by atoms with Gasteiger partial charge in [-0.25, -0.2) is 4.79 Å². The van der Waals surface area contributed by atoms with Gasteiger partial charge in [-0.3, -0.25) is 9.59 Å². The minimum absolute atomic E-state index is 0.110. The first kappa shape index (κ1) is 13.8. The van der Waals surface area contributed by atoms with Crippen LogP contribution in [0.5, 0.6) is 0 Å². The van der Waals surface area contributed by atoms with Crippen LogP contribution in [0.4, 0.5) is 0 Å². The first-order valence-electron chi connectivity index (χ1n) is 6.58. The fourth-order valence-corrected chi connectivity index (χ4v) is 2.43. The summed E-state index contributed by atoms with van der Waals surface area (Å²) in [4.78, 5) is 36.9. The molecule has 0 aromatic rings. The summed E-state index contributed by atoms with van der Waals surface area (Å²) in [6, 6.07) is -0.586. The van der Waals surface area contributed by atoms with Gasteiger partial charge in [-0.05, 0) is 6.92 Å². The van der Waals surface area contributed by atoms with E-state index in [2.05, 4.69) is 10.6 Å². The first-order chi connectivity index (χ1) is 9.13. The minimum atomic E-state index is -0.586. The van der Waals surface area contributed by atoms with Crippen LogP contribution in [0.25, 0.3) is 0 Å². The number of hydrogen-bond donors (Lipinski definition) is 2. The smallest absolute Gasteiger partial charge is 0.330 e. The summed E-state index contributed by atoms with van der Waals surface area (Å²) >= 11 is 0. The van der Waals surface area contributed by atoms with Gasteiger partial charge in [-0.2, -0.15) is 0 Å². The van der Waals surface area contributed by atoms with Crippen molar-refractivity contribution in [1.82, 2.24) is 15.5 Å². The lowest BCUT2D eigenvalue weighted by atomic mass is 10.0. The molecule has 0 aromatic heterocycles. The Hall–Kier alpha value is -1.63. The van der Waals surface area contributed by atoms with Gasteiger partial charge in [-0.15, -0.1) is 0 Å². The number of nitrogens with one attached hydrogen (secondary N) is 2.